The van der Waals surface area contributed by atoms with Crippen molar-refractivity contribution < 1.29 is 22.8 Å². The van der Waals surface area contributed by atoms with Crippen LogP contribution in [0.5, 0.6) is 0 Å². The van der Waals surface area contributed by atoms with E-state index < -0.39 is 24.9 Å². The SMILES string of the molecule is Cc1cc(C(=O)N2CCN(C(=O)C3CC(F)(F)CN3)CC2)c(C)o1.Cl. The van der Waals surface area contributed by atoms with E-state index in [9.17, 15) is 18.4 Å². The highest BCUT2D eigenvalue weighted by atomic mass is 35.5. The normalized spacial score (nSPS) is 22.6. The van der Waals surface area contributed by atoms with Gasteiger partial charge in [0.2, 0.25) is 5.91 Å². The first-order valence-electron chi connectivity index (χ1n) is 8.03. The molecule has 0 saturated carbocycles. The maximum absolute atomic E-state index is 13.2. The lowest BCUT2D eigenvalue weighted by molar-refractivity contribution is -0.135. The highest BCUT2D eigenvalue weighted by Gasteiger charge is 2.44. The molecule has 1 atom stereocenters. The van der Waals surface area contributed by atoms with Gasteiger partial charge in [0.15, 0.2) is 0 Å². The molecule has 140 valence electrons. The van der Waals surface area contributed by atoms with E-state index in [4.69, 9.17) is 4.42 Å². The zero-order chi connectivity index (χ0) is 17.5. The number of hydrogen-bond donors (Lipinski definition) is 1. The topological polar surface area (TPSA) is 65.8 Å². The van der Waals surface area contributed by atoms with Gasteiger partial charge < -0.3 is 14.2 Å². The van der Waals surface area contributed by atoms with Crippen LogP contribution in [-0.2, 0) is 4.79 Å². The van der Waals surface area contributed by atoms with Crippen molar-refractivity contribution in [2.24, 2.45) is 0 Å². The third-order valence-corrected chi connectivity index (χ3v) is 4.56. The summed E-state index contributed by atoms with van der Waals surface area (Å²) in [6.45, 7) is 4.54. The predicted molar refractivity (Wildman–Crippen MR) is 89.3 cm³/mol. The second-order valence-electron chi connectivity index (χ2n) is 6.44. The Labute approximate surface area is 150 Å². The van der Waals surface area contributed by atoms with Gasteiger partial charge in [-0.05, 0) is 19.9 Å². The lowest BCUT2D eigenvalue weighted by atomic mass is 10.1. The summed E-state index contributed by atoms with van der Waals surface area (Å²) in [7, 11) is 0. The van der Waals surface area contributed by atoms with Gasteiger partial charge in [-0.2, -0.15) is 0 Å². The number of halogens is 3. The van der Waals surface area contributed by atoms with E-state index >= 15 is 0 Å². The van der Waals surface area contributed by atoms with Crippen LogP contribution < -0.4 is 5.32 Å². The maximum Gasteiger partial charge on any atom is 0.262 e. The number of carbonyl (C=O) groups is 2. The molecule has 9 heteroatoms. The minimum atomic E-state index is -2.82. The standard InChI is InChI=1S/C16H21F2N3O3.ClH/c1-10-7-12(11(2)24-10)14(22)20-3-5-21(6-4-20)15(23)13-8-16(17,18)9-19-13;/h7,13,19H,3-6,8-9H2,1-2H3;1H. The van der Waals surface area contributed by atoms with Gasteiger partial charge in [0.25, 0.3) is 11.8 Å². The first-order valence-corrected chi connectivity index (χ1v) is 8.03. The van der Waals surface area contributed by atoms with Gasteiger partial charge in [-0.3, -0.25) is 14.9 Å². The Kier molecular flexibility index (Phi) is 5.73. The van der Waals surface area contributed by atoms with Crippen LogP contribution in [0, 0.1) is 13.8 Å². The molecule has 1 aromatic heterocycles. The number of carbonyl (C=O) groups excluding carboxylic acids is 2. The summed E-state index contributed by atoms with van der Waals surface area (Å²) in [6.07, 6.45) is -0.460. The van der Waals surface area contributed by atoms with Crippen molar-refractivity contribution in [3.63, 3.8) is 0 Å². The number of furan rings is 1. The van der Waals surface area contributed by atoms with Crippen molar-refractivity contribution in [1.29, 1.82) is 0 Å². The summed E-state index contributed by atoms with van der Waals surface area (Å²) in [4.78, 5) is 28.0. The number of aryl methyl sites for hydroxylation is 2. The average molecular weight is 378 g/mol. The highest BCUT2D eigenvalue weighted by molar-refractivity contribution is 5.95. The molecule has 2 amide bonds. The van der Waals surface area contributed by atoms with Crippen molar-refractivity contribution in [3.05, 3.63) is 23.2 Å². The van der Waals surface area contributed by atoms with Gasteiger partial charge in [0.1, 0.15) is 11.5 Å². The van der Waals surface area contributed by atoms with Gasteiger partial charge in [0, 0.05) is 32.6 Å². The van der Waals surface area contributed by atoms with E-state index in [1.807, 2.05) is 0 Å². The molecule has 1 unspecified atom stereocenters. The molecule has 2 fully saturated rings. The fourth-order valence-corrected chi connectivity index (χ4v) is 3.25. The second-order valence-corrected chi connectivity index (χ2v) is 6.44. The molecule has 0 radical (unpaired) electrons. The van der Waals surface area contributed by atoms with Crippen LogP contribution in [-0.4, -0.2) is 66.3 Å². The molecule has 6 nitrogen and oxygen atoms in total. The number of nitrogens with one attached hydrogen (secondary N) is 1. The molecule has 1 aromatic rings. The van der Waals surface area contributed by atoms with Gasteiger partial charge in [-0.1, -0.05) is 0 Å². The van der Waals surface area contributed by atoms with Gasteiger partial charge in [0.05, 0.1) is 18.2 Å². The summed E-state index contributed by atoms with van der Waals surface area (Å²) in [5.74, 6) is -2.00. The van der Waals surface area contributed by atoms with Crippen LogP contribution in [0.15, 0.2) is 10.5 Å². The molecule has 0 spiro atoms. The van der Waals surface area contributed by atoms with Crippen LogP contribution in [0.25, 0.3) is 0 Å². The lowest BCUT2D eigenvalue weighted by Crippen LogP contribution is -2.54. The Hall–Kier alpha value is -1.67. The number of amides is 2. The van der Waals surface area contributed by atoms with Crippen molar-refractivity contribution in [3.8, 4) is 0 Å². The molecule has 3 rings (SSSR count). The molecule has 2 aliphatic heterocycles. The van der Waals surface area contributed by atoms with Crippen LogP contribution in [0.4, 0.5) is 8.78 Å². The van der Waals surface area contributed by atoms with E-state index in [0.717, 1.165) is 0 Å². The predicted octanol–water partition coefficient (Wildman–Crippen LogP) is 1.60. The average Bonchev–Trinajstić information content (AvgIpc) is 3.07. The molecule has 0 aromatic carbocycles. The zero-order valence-electron chi connectivity index (χ0n) is 14.2. The lowest BCUT2D eigenvalue weighted by Gasteiger charge is -2.35. The first-order chi connectivity index (χ1) is 11.3. The Morgan fingerprint density at radius 3 is 2.28 bits per heavy atom. The fourth-order valence-electron chi connectivity index (χ4n) is 3.25. The Bertz CT molecular complexity index is 657. The van der Waals surface area contributed by atoms with Crippen LogP contribution in [0.1, 0.15) is 28.3 Å². The third-order valence-electron chi connectivity index (χ3n) is 4.56. The third kappa shape index (κ3) is 4.12. The van der Waals surface area contributed by atoms with E-state index in [-0.39, 0.29) is 24.2 Å². The molecule has 0 aliphatic carbocycles. The number of hydrogen-bond acceptors (Lipinski definition) is 4. The largest absolute Gasteiger partial charge is 0.466 e. The molecular formula is C16H22ClF2N3O3. The van der Waals surface area contributed by atoms with Crippen molar-refractivity contribution in [2.45, 2.75) is 32.2 Å². The quantitative estimate of drug-likeness (QED) is 0.850. The summed E-state index contributed by atoms with van der Waals surface area (Å²) in [5.41, 5.74) is 0.532. The zero-order valence-corrected chi connectivity index (χ0v) is 15.0. The fraction of sp³-hybridized carbons (Fsp3) is 0.625. The molecule has 25 heavy (non-hydrogen) atoms. The smallest absolute Gasteiger partial charge is 0.262 e. The minimum Gasteiger partial charge on any atom is -0.466 e. The Morgan fingerprint density at radius 1 is 1.20 bits per heavy atom. The maximum atomic E-state index is 13.2. The van der Waals surface area contributed by atoms with Crippen LogP contribution >= 0.6 is 12.4 Å². The molecule has 2 aliphatic rings. The van der Waals surface area contributed by atoms with E-state index in [0.29, 0.717) is 43.3 Å². The number of piperazine rings is 1. The molecule has 2 saturated heterocycles. The number of alkyl halides is 2. The molecule has 3 heterocycles. The summed E-state index contributed by atoms with van der Waals surface area (Å²) in [5, 5.41) is 2.58. The van der Waals surface area contributed by atoms with Crippen molar-refractivity contribution >= 4 is 24.2 Å². The number of nitrogens with zero attached hydrogens (tertiary/aromatic N) is 2. The highest BCUT2D eigenvalue weighted by Crippen LogP contribution is 2.26. The Morgan fingerprint density at radius 2 is 1.80 bits per heavy atom. The number of rotatable bonds is 2. The van der Waals surface area contributed by atoms with Crippen molar-refractivity contribution in [2.75, 3.05) is 32.7 Å². The Balaban J connectivity index is 0.00000225. The summed E-state index contributed by atoms with van der Waals surface area (Å²) in [6, 6.07) is 0.876. The van der Waals surface area contributed by atoms with Crippen LogP contribution in [0.3, 0.4) is 0 Å². The molecular weight excluding hydrogens is 356 g/mol. The van der Waals surface area contributed by atoms with Crippen LogP contribution in [0.2, 0.25) is 0 Å². The van der Waals surface area contributed by atoms with Crippen molar-refractivity contribution in [1.82, 2.24) is 15.1 Å². The first kappa shape index (κ1) is 19.7. The van der Waals surface area contributed by atoms with E-state index in [1.54, 1.807) is 29.7 Å². The van der Waals surface area contributed by atoms with Gasteiger partial charge in [-0.25, -0.2) is 8.78 Å². The van der Waals surface area contributed by atoms with E-state index in [2.05, 4.69) is 5.32 Å². The van der Waals surface area contributed by atoms with Gasteiger partial charge >= 0.3 is 0 Å². The molecule has 1 N–H and O–H groups in total. The summed E-state index contributed by atoms with van der Waals surface area (Å²) < 4.78 is 31.8. The monoisotopic (exact) mass is 377 g/mol. The summed E-state index contributed by atoms with van der Waals surface area (Å²) >= 11 is 0. The molecule has 0 bridgehead atoms. The minimum absolute atomic E-state index is 0. The van der Waals surface area contributed by atoms with Gasteiger partial charge in [-0.15, -0.1) is 12.4 Å². The van der Waals surface area contributed by atoms with E-state index in [1.165, 1.54) is 0 Å². The second kappa shape index (κ2) is 7.29.